The molecule has 1 aliphatic rings. The van der Waals surface area contributed by atoms with Crippen LogP contribution < -0.4 is 4.90 Å². The monoisotopic (exact) mass is 894 g/mol. The van der Waals surface area contributed by atoms with Crippen molar-refractivity contribution in [1.82, 2.24) is 4.57 Å². The fourth-order valence-electron chi connectivity index (χ4n) is 11.7. The number of hydrogen-bond donors (Lipinski definition) is 0. The first-order valence-electron chi connectivity index (χ1n) is 24.2. The topological polar surface area (TPSA) is 21.3 Å². The third kappa shape index (κ3) is 6.08. The Morgan fingerprint density at radius 1 is 0.386 bits per heavy atom. The van der Waals surface area contributed by atoms with E-state index in [1.54, 1.807) is 0 Å². The molecule has 2 aromatic heterocycles. The molecule has 3 nitrogen and oxygen atoms in total. The SMILES string of the molecule is CC1(C)c2ccccc2-c2ccc(-c3cccc(N(c4ccccc4-c4ccc5ccccc5c4)c4ccc(-c5ccccc5-n5c6ccccc6c6ccccc65)c5oc6ccccc6c45)c3)cc21. The van der Waals surface area contributed by atoms with Gasteiger partial charge in [-0.3, -0.25) is 0 Å². The molecule has 70 heavy (non-hydrogen) atoms. The van der Waals surface area contributed by atoms with Crippen molar-refractivity contribution in [3.8, 4) is 50.2 Å². The van der Waals surface area contributed by atoms with E-state index in [2.05, 4.69) is 266 Å². The standard InChI is InChI=1S/C67H46N2O/c1-67(2)57-28-11-5-23-50(57)51-37-36-46(42-58(51)67)45-20-17-21-48(41-45)68(59-29-12-6-22-49(59)47-35-34-43-18-3-4-19-44(43)40-47)63-39-38-55(66-65(63)56-27-10-16-33-64(56)70-66)54-26-9-15-32-62(54)69-60-30-13-7-24-52(60)53-25-8-14-31-61(53)69/h3-42H,1-2H3. The summed E-state index contributed by atoms with van der Waals surface area (Å²) >= 11 is 0. The largest absolute Gasteiger partial charge is 0.455 e. The molecule has 330 valence electrons. The molecule has 0 atom stereocenters. The maximum atomic E-state index is 7.16. The van der Waals surface area contributed by atoms with Crippen LogP contribution in [0.15, 0.2) is 247 Å². The van der Waals surface area contributed by atoms with Crippen LogP contribution in [0.2, 0.25) is 0 Å². The maximum absolute atomic E-state index is 7.16. The molecule has 0 spiro atoms. The number of furan rings is 1. The summed E-state index contributed by atoms with van der Waals surface area (Å²) in [7, 11) is 0. The summed E-state index contributed by atoms with van der Waals surface area (Å²) in [5.74, 6) is 0. The molecular weight excluding hydrogens is 849 g/mol. The van der Waals surface area contributed by atoms with Gasteiger partial charge in [0.2, 0.25) is 0 Å². The van der Waals surface area contributed by atoms with E-state index in [4.69, 9.17) is 4.42 Å². The van der Waals surface area contributed by atoms with E-state index in [0.717, 1.165) is 72.5 Å². The van der Waals surface area contributed by atoms with Gasteiger partial charge in [-0.1, -0.05) is 190 Å². The van der Waals surface area contributed by atoms with Crippen LogP contribution in [-0.2, 0) is 5.41 Å². The van der Waals surface area contributed by atoms with E-state index < -0.39 is 0 Å². The minimum atomic E-state index is -0.111. The first-order valence-corrected chi connectivity index (χ1v) is 24.2. The molecule has 14 rings (SSSR count). The van der Waals surface area contributed by atoms with E-state index >= 15 is 0 Å². The van der Waals surface area contributed by atoms with Crippen molar-refractivity contribution in [2.75, 3.05) is 4.90 Å². The van der Waals surface area contributed by atoms with E-state index in [9.17, 15) is 0 Å². The number of para-hydroxylation sites is 5. The van der Waals surface area contributed by atoms with Gasteiger partial charge in [0.15, 0.2) is 0 Å². The molecule has 0 aliphatic heterocycles. The van der Waals surface area contributed by atoms with E-state index in [1.165, 1.54) is 60.4 Å². The maximum Gasteiger partial charge on any atom is 0.145 e. The van der Waals surface area contributed by atoms with Gasteiger partial charge in [0.25, 0.3) is 0 Å². The van der Waals surface area contributed by atoms with Gasteiger partial charge in [-0.25, -0.2) is 0 Å². The van der Waals surface area contributed by atoms with Crippen LogP contribution in [0.3, 0.4) is 0 Å². The van der Waals surface area contributed by atoms with Crippen LogP contribution in [0.5, 0.6) is 0 Å². The Morgan fingerprint density at radius 2 is 1.00 bits per heavy atom. The third-order valence-corrected chi connectivity index (χ3v) is 15.0. The zero-order valence-electron chi connectivity index (χ0n) is 38.9. The molecule has 0 bridgehead atoms. The number of hydrogen-bond acceptors (Lipinski definition) is 2. The lowest BCUT2D eigenvalue weighted by Crippen LogP contribution is -2.15. The van der Waals surface area contributed by atoms with Gasteiger partial charge in [-0.2, -0.15) is 0 Å². The summed E-state index contributed by atoms with van der Waals surface area (Å²) < 4.78 is 9.57. The normalized spacial score (nSPS) is 12.8. The van der Waals surface area contributed by atoms with Crippen molar-refractivity contribution >= 4 is 71.6 Å². The number of benzene rings is 11. The summed E-state index contributed by atoms with van der Waals surface area (Å²) in [6.07, 6.45) is 0. The fraction of sp³-hybridized carbons (Fsp3) is 0.0448. The lowest BCUT2D eigenvalue weighted by molar-refractivity contribution is 0.660. The molecular formula is C67H46N2O. The minimum Gasteiger partial charge on any atom is -0.455 e. The van der Waals surface area contributed by atoms with Crippen LogP contribution in [-0.4, -0.2) is 4.57 Å². The molecule has 0 N–H and O–H groups in total. The Kier molecular flexibility index (Phi) is 8.93. The minimum absolute atomic E-state index is 0.111. The van der Waals surface area contributed by atoms with Gasteiger partial charge < -0.3 is 13.9 Å². The Balaban J connectivity index is 1.01. The van der Waals surface area contributed by atoms with Crippen molar-refractivity contribution in [1.29, 1.82) is 0 Å². The highest BCUT2D eigenvalue weighted by Gasteiger charge is 2.35. The Labute approximate surface area is 406 Å². The summed E-state index contributed by atoms with van der Waals surface area (Å²) in [6.45, 7) is 4.71. The summed E-state index contributed by atoms with van der Waals surface area (Å²) in [5, 5.41) is 7.01. The molecule has 0 saturated heterocycles. The summed E-state index contributed by atoms with van der Waals surface area (Å²) in [6, 6.07) is 88.7. The van der Waals surface area contributed by atoms with Crippen LogP contribution in [0, 0.1) is 0 Å². The van der Waals surface area contributed by atoms with Gasteiger partial charge in [0, 0.05) is 44.0 Å². The molecule has 3 heteroatoms. The number of anilines is 3. The van der Waals surface area contributed by atoms with Crippen LogP contribution in [0.1, 0.15) is 25.0 Å². The smallest absolute Gasteiger partial charge is 0.145 e. The summed E-state index contributed by atoms with van der Waals surface area (Å²) in [5.41, 5.74) is 20.3. The highest BCUT2D eigenvalue weighted by molar-refractivity contribution is 6.18. The molecule has 0 fully saturated rings. The molecule has 0 unspecified atom stereocenters. The predicted octanol–water partition coefficient (Wildman–Crippen LogP) is 18.6. The second-order valence-electron chi connectivity index (χ2n) is 19.2. The fourth-order valence-corrected chi connectivity index (χ4v) is 11.7. The first-order chi connectivity index (χ1) is 34.5. The zero-order chi connectivity index (χ0) is 46.5. The van der Waals surface area contributed by atoms with Crippen LogP contribution in [0.4, 0.5) is 17.1 Å². The molecule has 0 saturated carbocycles. The van der Waals surface area contributed by atoms with Crippen LogP contribution >= 0.6 is 0 Å². The Hall–Kier alpha value is -8.92. The highest BCUT2D eigenvalue weighted by atomic mass is 16.3. The van der Waals surface area contributed by atoms with Crippen molar-refractivity contribution in [2.24, 2.45) is 0 Å². The molecule has 0 radical (unpaired) electrons. The van der Waals surface area contributed by atoms with Crippen molar-refractivity contribution < 1.29 is 4.42 Å². The van der Waals surface area contributed by atoms with E-state index in [1.807, 2.05) is 0 Å². The first kappa shape index (κ1) is 40.2. The van der Waals surface area contributed by atoms with Crippen molar-refractivity contribution in [3.63, 3.8) is 0 Å². The Morgan fingerprint density at radius 3 is 1.83 bits per heavy atom. The lowest BCUT2D eigenvalue weighted by atomic mass is 9.81. The highest BCUT2D eigenvalue weighted by Crippen LogP contribution is 2.52. The van der Waals surface area contributed by atoms with Gasteiger partial charge in [0.1, 0.15) is 11.2 Å². The Bertz CT molecular complexity index is 4190. The van der Waals surface area contributed by atoms with Gasteiger partial charge >= 0.3 is 0 Å². The number of fused-ring (bicyclic) bond motifs is 10. The molecule has 2 heterocycles. The average molecular weight is 895 g/mol. The summed E-state index contributed by atoms with van der Waals surface area (Å²) in [4.78, 5) is 2.47. The number of aromatic nitrogens is 1. The van der Waals surface area contributed by atoms with Gasteiger partial charge in [-0.05, 0) is 116 Å². The average Bonchev–Trinajstić information content (AvgIpc) is 4.05. The van der Waals surface area contributed by atoms with E-state index in [0.29, 0.717) is 0 Å². The predicted molar refractivity (Wildman–Crippen MR) is 294 cm³/mol. The quantitative estimate of drug-likeness (QED) is 0.159. The van der Waals surface area contributed by atoms with Gasteiger partial charge in [-0.15, -0.1) is 0 Å². The zero-order valence-corrected chi connectivity index (χ0v) is 38.9. The van der Waals surface area contributed by atoms with Gasteiger partial charge in [0.05, 0.1) is 33.5 Å². The lowest BCUT2D eigenvalue weighted by Gasteiger charge is -2.29. The molecule has 13 aromatic rings. The second kappa shape index (κ2) is 15.6. The van der Waals surface area contributed by atoms with Crippen molar-refractivity contribution in [3.05, 3.63) is 254 Å². The van der Waals surface area contributed by atoms with E-state index in [-0.39, 0.29) is 5.41 Å². The second-order valence-corrected chi connectivity index (χ2v) is 19.2. The number of nitrogens with zero attached hydrogens (tertiary/aromatic N) is 2. The van der Waals surface area contributed by atoms with Crippen LogP contribution in [0.25, 0.3) is 105 Å². The third-order valence-electron chi connectivity index (χ3n) is 15.0. The molecule has 1 aliphatic carbocycles. The van der Waals surface area contributed by atoms with Crippen molar-refractivity contribution in [2.45, 2.75) is 19.3 Å². The molecule has 11 aromatic carbocycles. The number of rotatable bonds is 7. The molecule has 0 amide bonds.